The van der Waals surface area contributed by atoms with Gasteiger partial charge in [0, 0.05) is 30.6 Å². The van der Waals surface area contributed by atoms with Crippen LogP contribution in [0.1, 0.15) is 62.8 Å². The Bertz CT molecular complexity index is 1910. The molecule has 2 aromatic carbocycles. The van der Waals surface area contributed by atoms with Crippen molar-refractivity contribution in [3.63, 3.8) is 0 Å². The number of nitrogens with two attached hydrogens (primary N) is 1. The Kier molecular flexibility index (Phi) is 8.02. The second-order valence-electron chi connectivity index (χ2n) is 10.7. The Morgan fingerprint density at radius 3 is 2.56 bits per heavy atom. The van der Waals surface area contributed by atoms with Gasteiger partial charge in [-0.25, -0.2) is 27.4 Å². The van der Waals surface area contributed by atoms with E-state index in [0.717, 1.165) is 11.6 Å². The van der Waals surface area contributed by atoms with Gasteiger partial charge in [0.25, 0.3) is 0 Å². The summed E-state index contributed by atoms with van der Waals surface area (Å²) in [6.45, 7) is 3.88. The maximum absolute atomic E-state index is 13.4. The fraction of sp³-hybridized carbons (Fsp3) is 0.333. The number of nitrogen functional groups attached to an aromatic ring is 1. The zero-order chi connectivity index (χ0) is 31.1. The molecule has 43 heavy (non-hydrogen) atoms. The van der Waals surface area contributed by atoms with Crippen LogP contribution in [0.5, 0.6) is 0 Å². The van der Waals surface area contributed by atoms with E-state index < -0.39 is 27.5 Å². The molecule has 1 fully saturated rings. The summed E-state index contributed by atoms with van der Waals surface area (Å²) in [5.74, 6) is 5.87. The molecule has 13 heteroatoms. The van der Waals surface area contributed by atoms with Gasteiger partial charge in [-0.1, -0.05) is 30.2 Å². The number of hydrogen-bond donors (Lipinski definition) is 1. The van der Waals surface area contributed by atoms with E-state index in [4.69, 9.17) is 5.73 Å². The maximum Gasteiger partial charge on any atom is 0.416 e. The lowest BCUT2D eigenvalue weighted by atomic mass is 9.96. The van der Waals surface area contributed by atoms with Crippen molar-refractivity contribution in [2.45, 2.75) is 45.3 Å². The van der Waals surface area contributed by atoms with Crippen molar-refractivity contribution >= 4 is 32.7 Å². The molecule has 1 aliphatic rings. The van der Waals surface area contributed by atoms with E-state index in [2.05, 4.69) is 26.9 Å². The number of alkyl halides is 3. The number of carbonyl (C=O) groups is 1. The highest BCUT2D eigenvalue weighted by molar-refractivity contribution is 7.88. The minimum absolute atomic E-state index is 0.0178. The van der Waals surface area contributed by atoms with Crippen molar-refractivity contribution in [2.24, 2.45) is 0 Å². The normalized spacial score (nSPS) is 16.2. The minimum atomic E-state index is -4.55. The third-order valence-corrected chi connectivity index (χ3v) is 8.81. The summed E-state index contributed by atoms with van der Waals surface area (Å²) in [6.07, 6.45) is -0.806. The summed E-state index contributed by atoms with van der Waals surface area (Å²) in [7, 11) is -3.38. The smallest absolute Gasteiger partial charge is 0.383 e. The molecule has 1 unspecified atom stereocenters. The van der Waals surface area contributed by atoms with E-state index in [9.17, 15) is 26.4 Å². The van der Waals surface area contributed by atoms with E-state index in [1.807, 2.05) is 6.92 Å². The van der Waals surface area contributed by atoms with Gasteiger partial charge in [0.1, 0.15) is 17.8 Å². The maximum atomic E-state index is 13.4. The molecule has 224 valence electrons. The van der Waals surface area contributed by atoms with Crippen molar-refractivity contribution in [2.75, 3.05) is 25.1 Å². The number of nitrogens with zero attached hydrogens (tertiary/aromatic N) is 5. The highest BCUT2D eigenvalue weighted by atomic mass is 32.2. The number of fused-ring (bicyclic) bond motifs is 1. The van der Waals surface area contributed by atoms with Crippen LogP contribution in [0.2, 0.25) is 0 Å². The highest BCUT2D eigenvalue weighted by Crippen LogP contribution is 2.33. The molecule has 1 saturated heterocycles. The van der Waals surface area contributed by atoms with Crippen molar-refractivity contribution in [3.8, 4) is 11.8 Å². The number of sulfonamides is 1. The van der Waals surface area contributed by atoms with Crippen LogP contribution in [-0.2, 0) is 22.6 Å². The van der Waals surface area contributed by atoms with Crippen LogP contribution >= 0.6 is 0 Å². The number of Topliss-reactive ketones (excluding diaryl/α,β-unsaturated/α-hetero) is 1. The first-order valence-electron chi connectivity index (χ1n) is 13.5. The SMILES string of the molecule is Cc1ccc(CC(=O)c2ccc(C)c(C(F)(F)F)c2)cc1C#Cc1nn(C2CCCN(S(C)(=O)=O)C2)c2ncnc(N)c12. The van der Waals surface area contributed by atoms with Gasteiger partial charge in [0.05, 0.1) is 23.2 Å². The van der Waals surface area contributed by atoms with E-state index in [-0.39, 0.29) is 36.0 Å². The summed E-state index contributed by atoms with van der Waals surface area (Å²) in [4.78, 5) is 21.4. The Hall–Kier alpha value is -4.28. The molecule has 3 heterocycles. The van der Waals surface area contributed by atoms with Crippen molar-refractivity contribution in [1.29, 1.82) is 0 Å². The second kappa shape index (κ2) is 11.4. The van der Waals surface area contributed by atoms with Gasteiger partial charge in [-0.2, -0.15) is 18.3 Å². The number of anilines is 1. The van der Waals surface area contributed by atoms with Crippen molar-refractivity contribution < 1.29 is 26.4 Å². The lowest BCUT2D eigenvalue weighted by Gasteiger charge is -2.31. The number of piperidine rings is 1. The van der Waals surface area contributed by atoms with Gasteiger partial charge in [-0.15, -0.1) is 0 Å². The summed E-state index contributed by atoms with van der Waals surface area (Å²) in [5.41, 5.74) is 8.18. The number of hydrogen-bond acceptors (Lipinski definition) is 7. The third kappa shape index (κ3) is 6.40. The zero-order valence-electron chi connectivity index (χ0n) is 23.7. The molecule has 4 aromatic rings. The first-order chi connectivity index (χ1) is 20.2. The van der Waals surface area contributed by atoms with Gasteiger partial charge in [0.2, 0.25) is 10.0 Å². The molecular formula is C30H29F3N6O3S. The van der Waals surface area contributed by atoms with Crippen molar-refractivity contribution in [3.05, 3.63) is 81.8 Å². The van der Waals surface area contributed by atoms with Gasteiger partial charge >= 0.3 is 6.18 Å². The number of halogens is 3. The lowest BCUT2D eigenvalue weighted by Crippen LogP contribution is -2.40. The van der Waals surface area contributed by atoms with Crippen LogP contribution in [0.4, 0.5) is 19.0 Å². The third-order valence-electron chi connectivity index (χ3n) is 7.54. The number of aromatic nitrogens is 4. The highest BCUT2D eigenvalue weighted by Gasteiger charge is 2.33. The molecule has 0 amide bonds. The molecule has 0 radical (unpaired) electrons. The summed E-state index contributed by atoms with van der Waals surface area (Å²) in [6, 6.07) is 8.57. The average Bonchev–Trinajstić information content (AvgIpc) is 3.32. The molecule has 5 rings (SSSR count). The van der Waals surface area contributed by atoms with E-state index in [1.54, 1.807) is 22.9 Å². The molecule has 0 bridgehead atoms. The van der Waals surface area contributed by atoms with Gasteiger partial charge < -0.3 is 5.73 Å². The van der Waals surface area contributed by atoms with E-state index in [0.29, 0.717) is 47.2 Å². The predicted molar refractivity (Wildman–Crippen MR) is 156 cm³/mol. The lowest BCUT2D eigenvalue weighted by molar-refractivity contribution is -0.138. The number of benzene rings is 2. The summed E-state index contributed by atoms with van der Waals surface area (Å²) < 4.78 is 67.5. The van der Waals surface area contributed by atoms with Gasteiger partial charge in [0.15, 0.2) is 11.4 Å². The van der Waals surface area contributed by atoms with Crippen LogP contribution in [0, 0.1) is 25.7 Å². The molecule has 1 atom stereocenters. The van der Waals surface area contributed by atoms with Crippen LogP contribution < -0.4 is 5.73 Å². The zero-order valence-corrected chi connectivity index (χ0v) is 24.6. The molecule has 0 aliphatic carbocycles. The quantitative estimate of drug-likeness (QED) is 0.261. The van der Waals surface area contributed by atoms with Crippen molar-refractivity contribution in [1.82, 2.24) is 24.1 Å². The summed E-state index contributed by atoms with van der Waals surface area (Å²) in [5, 5.41) is 5.13. The molecule has 1 aliphatic heterocycles. The number of ketones is 1. The number of rotatable bonds is 5. The Morgan fingerprint density at radius 2 is 1.84 bits per heavy atom. The Morgan fingerprint density at radius 1 is 1.09 bits per heavy atom. The molecule has 2 N–H and O–H groups in total. The summed E-state index contributed by atoms with van der Waals surface area (Å²) >= 11 is 0. The van der Waals surface area contributed by atoms with Gasteiger partial charge in [-0.05, 0) is 61.4 Å². The van der Waals surface area contributed by atoms with E-state index >= 15 is 0 Å². The van der Waals surface area contributed by atoms with E-state index in [1.165, 1.54) is 35.9 Å². The first-order valence-corrected chi connectivity index (χ1v) is 15.3. The molecule has 0 saturated carbocycles. The monoisotopic (exact) mass is 610 g/mol. The van der Waals surface area contributed by atoms with Gasteiger partial charge in [-0.3, -0.25) is 4.79 Å². The van der Waals surface area contributed by atoms with Crippen LogP contribution in [0.25, 0.3) is 11.0 Å². The minimum Gasteiger partial charge on any atom is -0.383 e. The topological polar surface area (TPSA) is 124 Å². The number of carbonyl (C=O) groups excluding carboxylic acids is 1. The molecule has 9 nitrogen and oxygen atoms in total. The first kappa shape index (κ1) is 30.2. The fourth-order valence-electron chi connectivity index (χ4n) is 5.19. The standard InChI is InChI=1S/C30H29F3N6O3S/c1-18-6-8-20(14-26(40)22-9-7-19(2)24(15-22)30(31,32)33)13-21(18)10-11-25-27-28(34)35-17-36-29(27)39(37-25)23-5-4-12-38(16-23)43(3,41)42/h6-9,13,15,17,23H,4-5,12,14,16H2,1-3H3,(H2,34,35,36). The molecule has 2 aromatic heterocycles. The Labute approximate surface area is 247 Å². The largest absolute Gasteiger partial charge is 0.416 e. The fourth-order valence-corrected chi connectivity index (χ4v) is 6.09. The van der Waals surface area contributed by atoms with Crippen LogP contribution in [-0.4, -0.2) is 57.6 Å². The number of aryl methyl sites for hydroxylation is 2. The Balaban J connectivity index is 1.46. The average molecular weight is 611 g/mol. The van der Waals surface area contributed by atoms with Crippen LogP contribution in [0.3, 0.4) is 0 Å². The predicted octanol–water partition coefficient (Wildman–Crippen LogP) is 4.47. The van der Waals surface area contributed by atoms with Crippen LogP contribution in [0.15, 0.2) is 42.7 Å². The molecular weight excluding hydrogens is 581 g/mol. The second-order valence-corrected chi connectivity index (χ2v) is 12.7. The molecule has 0 spiro atoms.